The van der Waals surface area contributed by atoms with Gasteiger partial charge in [-0.3, -0.25) is 4.98 Å². The van der Waals surface area contributed by atoms with Gasteiger partial charge in [0.15, 0.2) is 12.4 Å². The van der Waals surface area contributed by atoms with Crippen LogP contribution in [0.2, 0.25) is 0 Å². The van der Waals surface area contributed by atoms with Gasteiger partial charge in [-0.2, -0.15) is 0 Å². The summed E-state index contributed by atoms with van der Waals surface area (Å²) in [6.45, 7) is -1.27. The molecule has 5 atom stereocenters. The zero-order valence-electron chi connectivity index (χ0n) is 19.6. The first-order chi connectivity index (χ1) is 17.7. The topological polar surface area (TPSA) is 146 Å². The van der Waals surface area contributed by atoms with Crippen molar-refractivity contribution < 1.29 is 52.3 Å². The summed E-state index contributed by atoms with van der Waals surface area (Å²) in [6, 6.07) is 6.87. The highest BCUT2D eigenvalue weighted by atomic mass is 16.7. The lowest BCUT2D eigenvalue weighted by Crippen LogP contribution is -2.63. The summed E-state index contributed by atoms with van der Waals surface area (Å²) in [5.74, 6) is 0.944. The lowest BCUT2D eigenvalue weighted by Gasteiger charge is -2.45. The molecule has 0 saturated carbocycles. The van der Waals surface area contributed by atoms with E-state index in [9.17, 15) is 19.2 Å². The number of aldehydes is 4. The fourth-order valence-corrected chi connectivity index (χ4v) is 3.81. The molecule has 2 heterocycles. The van der Waals surface area contributed by atoms with Crippen molar-refractivity contribution in [1.82, 2.24) is 4.98 Å². The molecule has 12 heteroatoms. The molecular formula is C24H27NO11. The van der Waals surface area contributed by atoms with Crippen molar-refractivity contribution >= 4 is 36.0 Å². The van der Waals surface area contributed by atoms with Crippen LogP contribution in [0.5, 0.6) is 11.5 Å². The average Bonchev–Trinajstić information content (AvgIpc) is 2.91. The molecule has 12 nitrogen and oxygen atoms in total. The van der Waals surface area contributed by atoms with E-state index in [1.807, 2.05) is 0 Å². The van der Waals surface area contributed by atoms with Gasteiger partial charge < -0.3 is 52.3 Å². The Labute approximate surface area is 206 Å². The zero-order valence-corrected chi connectivity index (χ0v) is 19.6. The second kappa shape index (κ2) is 14.3. The van der Waals surface area contributed by atoms with E-state index in [4.69, 9.17) is 33.2 Å². The van der Waals surface area contributed by atoms with Crippen LogP contribution in [0, 0.1) is 0 Å². The molecule has 1 aliphatic rings. The highest BCUT2D eigenvalue weighted by molar-refractivity contribution is 5.86. The number of carbonyl (C=O) groups is 4. The summed E-state index contributed by atoms with van der Waals surface area (Å²) in [5.41, 5.74) is 0.620. The van der Waals surface area contributed by atoms with Gasteiger partial charge in [-0.25, -0.2) is 0 Å². The highest BCUT2D eigenvalue weighted by Crippen LogP contribution is 2.34. The van der Waals surface area contributed by atoms with Crippen LogP contribution in [0.15, 0.2) is 30.5 Å². The summed E-state index contributed by atoms with van der Waals surface area (Å²) >= 11 is 0. The summed E-state index contributed by atoms with van der Waals surface area (Å²) < 4.78 is 40.0. The molecule has 3 rings (SSSR count). The number of pyridine rings is 1. The van der Waals surface area contributed by atoms with E-state index in [1.54, 1.807) is 30.5 Å². The maximum Gasteiger partial charge on any atom is 0.198 e. The SMILES string of the molecule is COc1ccc2nccc(O[C@@H]3C(OCC=O)[C@H](OCC=O)C(COCC=O)O[C@@H]3OCC=O)c2c1. The van der Waals surface area contributed by atoms with E-state index < -0.39 is 30.7 Å². The summed E-state index contributed by atoms with van der Waals surface area (Å²) in [6.07, 6.45) is -1.30. The van der Waals surface area contributed by atoms with Gasteiger partial charge in [0, 0.05) is 11.6 Å². The number of fused-ring (bicyclic) bond motifs is 1. The molecule has 2 unspecified atom stereocenters. The van der Waals surface area contributed by atoms with E-state index in [-0.39, 0.29) is 33.0 Å². The summed E-state index contributed by atoms with van der Waals surface area (Å²) in [7, 11) is 1.53. The second-order valence-corrected chi connectivity index (χ2v) is 7.45. The van der Waals surface area contributed by atoms with Crippen LogP contribution in [-0.2, 0) is 42.9 Å². The molecule has 0 amide bonds. The van der Waals surface area contributed by atoms with Crippen LogP contribution >= 0.6 is 0 Å². The maximum atomic E-state index is 11.2. The van der Waals surface area contributed by atoms with Crippen molar-refractivity contribution in [2.75, 3.05) is 40.1 Å². The van der Waals surface area contributed by atoms with Crippen LogP contribution < -0.4 is 9.47 Å². The average molecular weight is 505 g/mol. The first kappa shape index (κ1) is 27.3. The lowest BCUT2D eigenvalue weighted by atomic mass is 9.98. The Morgan fingerprint density at radius 2 is 1.56 bits per heavy atom. The van der Waals surface area contributed by atoms with Crippen LogP contribution in [-0.4, -0.2) is 101 Å². The Morgan fingerprint density at radius 1 is 0.861 bits per heavy atom. The zero-order chi connectivity index (χ0) is 25.8. The molecule has 1 fully saturated rings. The Morgan fingerprint density at radius 3 is 2.25 bits per heavy atom. The van der Waals surface area contributed by atoms with Crippen molar-refractivity contribution in [2.24, 2.45) is 0 Å². The molecule has 0 bridgehead atoms. The number of rotatable bonds is 16. The predicted molar refractivity (Wildman–Crippen MR) is 122 cm³/mol. The molecule has 194 valence electrons. The number of benzene rings is 1. The fraction of sp³-hybridized carbons (Fsp3) is 0.458. The predicted octanol–water partition coefficient (Wildman–Crippen LogP) is 0.315. The largest absolute Gasteiger partial charge is 0.497 e. The molecule has 1 saturated heterocycles. The Kier molecular flexibility index (Phi) is 10.9. The number of aromatic nitrogens is 1. The van der Waals surface area contributed by atoms with Gasteiger partial charge in [0.1, 0.15) is 81.4 Å². The third kappa shape index (κ3) is 6.89. The number of carbonyl (C=O) groups excluding carboxylic acids is 4. The van der Waals surface area contributed by atoms with Gasteiger partial charge in [0.25, 0.3) is 0 Å². The fourth-order valence-electron chi connectivity index (χ4n) is 3.81. The van der Waals surface area contributed by atoms with Gasteiger partial charge >= 0.3 is 0 Å². The Bertz CT molecular complexity index is 1020. The number of methoxy groups -OCH3 is 1. The van der Waals surface area contributed by atoms with Crippen LogP contribution in [0.1, 0.15) is 0 Å². The van der Waals surface area contributed by atoms with E-state index in [0.717, 1.165) is 0 Å². The van der Waals surface area contributed by atoms with Crippen molar-refractivity contribution in [2.45, 2.75) is 30.7 Å². The third-order valence-corrected chi connectivity index (χ3v) is 5.27. The van der Waals surface area contributed by atoms with E-state index in [1.165, 1.54) is 7.11 Å². The van der Waals surface area contributed by atoms with E-state index in [2.05, 4.69) is 4.98 Å². The molecule has 1 aliphatic heterocycles. The van der Waals surface area contributed by atoms with Gasteiger partial charge in [-0.15, -0.1) is 0 Å². The molecule has 1 aromatic carbocycles. The van der Waals surface area contributed by atoms with Crippen LogP contribution in [0.4, 0.5) is 0 Å². The van der Waals surface area contributed by atoms with Gasteiger partial charge in [0.2, 0.25) is 0 Å². The summed E-state index contributed by atoms with van der Waals surface area (Å²) in [5, 5.41) is 0.613. The van der Waals surface area contributed by atoms with Crippen LogP contribution in [0.3, 0.4) is 0 Å². The highest BCUT2D eigenvalue weighted by Gasteiger charge is 2.50. The smallest absolute Gasteiger partial charge is 0.198 e. The first-order valence-corrected chi connectivity index (χ1v) is 11.1. The molecular weight excluding hydrogens is 478 g/mol. The van der Waals surface area contributed by atoms with E-state index >= 15 is 0 Å². The van der Waals surface area contributed by atoms with Gasteiger partial charge in [-0.05, 0) is 24.3 Å². The molecule has 0 radical (unpaired) electrons. The minimum atomic E-state index is -1.17. The van der Waals surface area contributed by atoms with Gasteiger partial charge in [-0.1, -0.05) is 0 Å². The third-order valence-electron chi connectivity index (χ3n) is 5.27. The maximum absolute atomic E-state index is 11.2. The summed E-state index contributed by atoms with van der Waals surface area (Å²) in [4.78, 5) is 48.3. The molecule has 0 N–H and O–H groups in total. The minimum Gasteiger partial charge on any atom is -0.497 e. The monoisotopic (exact) mass is 505 g/mol. The number of hydrogen-bond acceptors (Lipinski definition) is 12. The van der Waals surface area contributed by atoms with Crippen molar-refractivity contribution in [3.05, 3.63) is 30.5 Å². The van der Waals surface area contributed by atoms with Crippen LogP contribution in [0.25, 0.3) is 10.9 Å². The standard InChI is InChI=1S/C24H27NO11/c1-30-16-2-3-18-17(14-16)19(4-5-25-18)35-23-22(33-12-8-28)21(32-11-7-27)20(15-31-10-6-26)36-24(23)34-13-9-29/h2-9,14,20-24H,10-13,15H2,1H3/t20?,21-,22?,23-,24+/m1/s1. The second-order valence-electron chi connectivity index (χ2n) is 7.45. The van der Waals surface area contributed by atoms with E-state index in [0.29, 0.717) is 47.5 Å². The van der Waals surface area contributed by atoms with Gasteiger partial charge in [0.05, 0.1) is 19.2 Å². The molecule has 0 spiro atoms. The molecule has 0 aliphatic carbocycles. The minimum absolute atomic E-state index is 0.119. The normalized spacial score (nSPS) is 23.6. The Balaban J connectivity index is 2.01. The molecule has 36 heavy (non-hydrogen) atoms. The van der Waals surface area contributed by atoms with Crippen molar-refractivity contribution in [3.8, 4) is 11.5 Å². The molecule has 1 aromatic heterocycles. The lowest BCUT2D eigenvalue weighted by molar-refractivity contribution is -0.305. The Hall–Kier alpha value is -3.29. The van der Waals surface area contributed by atoms with Crippen molar-refractivity contribution in [1.29, 1.82) is 0 Å². The number of ether oxygens (including phenoxy) is 7. The number of nitrogens with zero attached hydrogens (tertiary/aromatic N) is 1. The number of hydrogen-bond donors (Lipinski definition) is 0. The first-order valence-electron chi connectivity index (χ1n) is 11.1. The van der Waals surface area contributed by atoms with Crippen molar-refractivity contribution in [3.63, 3.8) is 0 Å². The quantitative estimate of drug-likeness (QED) is 0.229. The molecule has 2 aromatic rings.